The van der Waals surface area contributed by atoms with Crippen LogP contribution in [0.3, 0.4) is 0 Å². The van der Waals surface area contributed by atoms with Gasteiger partial charge in [-0.05, 0) is 44.6 Å². The van der Waals surface area contributed by atoms with Crippen molar-refractivity contribution in [1.29, 1.82) is 0 Å². The summed E-state index contributed by atoms with van der Waals surface area (Å²) in [6.45, 7) is 5.37. The quantitative estimate of drug-likeness (QED) is 0.820. The number of hydrogen-bond donors (Lipinski definition) is 1. The Labute approximate surface area is 104 Å². The molecule has 1 aliphatic carbocycles. The SMILES string of the molecule is CCCC1(C(=O)O)CCCN1C1CCCC1C. The lowest BCUT2D eigenvalue weighted by Gasteiger charge is -2.40. The highest BCUT2D eigenvalue weighted by atomic mass is 16.4. The molecule has 0 amide bonds. The molecule has 98 valence electrons. The summed E-state index contributed by atoms with van der Waals surface area (Å²) in [6, 6.07) is 0.514. The molecule has 3 heteroatoms. The number of carbonyl (C=O) groups is 1. The van der Waals surface area contributed by atoms with Gasteiger partial charge in [0.05, 0.1) is 0 Å². The van der Waals surface area contributed by atoms with E-state index in [1.165, 1.54) is 19.3 Å². The summed E-state index contributed by atoms with van der Waals surface area (Å²) in [4.78, 5) is 14.1. The fourth-order valence-electron chi connectivity index (χ4n) is 3.99. The van der Waals surface area contributed by atoms with Gasteiger partial charge in [-0.15, -0.1) is 0 Å². The van der Waals surface area contributed by atoms with Crippen LogP contribution >= 0.6 is 0 Å². The van der Waals surface area contributed by atoms with Crippen molar-refractivity contribution >= 4 is 5.97 Å². The number of likely N-dealkylation sites (tertiary alicyclic amines) is 1. The van der Waals surface area contributed by atoms with Gasteiger partial charge in [-0.3, -0.25) is 9.69 Å². The Bertz CT molecular complexity index is 292. The second-order valence-electron chi connectivity index (χ2n) is 5.86. The van der Waals surface area contributed by atoms with Crippen molar-refractivity contribution < 1.29 is 9.90 Å². The van der Waals surface area contributed by atoms with E-state index < -0.39 is 11.5 Å². The van der Waals surface area contributed by atoms with Crippen molar-refractivity contribution in [2.45, 2.75) is 70.4 Å². The van der Waals surface area contributed by atoms with Crippen molar-refractivity contribution in [2.24, 2.45) is 5.92 Å². The van der Waals surface area contributed by atoms with Gasteiger partial charge in [0.1, 0.15) is 5.54 Å². The average molecular weight is 239 g/mol. The van der Waals surface area contributed by atoms with E-state index in [4.69, 9.17) is 0 Å². The third-order valence-electron chi connectivity index (χ3n) is 4.82. The lowest BCUT2D eigenvalue weighted by molar-refractivity contribution is -0.152. The maximum Gasteiger partial charge on any atom is 0.324 e. The number of rotatable bonds is 4. The first kappa shape index (κ1) is 12.9. The molecule has 1 saturated heterocycles. The topological polar surface area (TPSA) is 40.5 Å². The van der Waals surface area contributed by atoms with E-state index >= 15 is 0 Å². The van der Waals surface area contributed by atoms with Crippen LogP contribution in [-0.2, 0) is 4.79 Å². The van der Waals surface area contributed by atoms with Crippen molar-refractivity contribution in [2.75, 3.05) is 6.54 Å². The molecular weight excluding hydrogens is 214 g/mol. The van der Waals surface area contributed by atoms with Gasteiger partial charge in [-0.25, -0.2) is 0 Å². The van der Waals surface area contributed by atoms with Gasteiger partial charge >= 0.3 is 5.97 Å². The molecule has 3 nitrogen and oxygen atoms in total. The molecule has 1 heterocycles. The van der Waals surface area contributed by atoms with Crippen molar-refractivity contribution in [1.82, 2.24) is 4.90 Å². The summed E-state index contributed by atoms with van der Waals surface area (Å²) in [5, 5.41) is 9.67. The van der Waals surface area contributed by atoms with Crippen LogP contribution in [0.2, 0.25) is 0 Å². The highest BCUT2D eigenvalue weighted by molar-refractivity contribution is 5.79. The molecule has 0 aromatic carbocycles. The number of aliphatic carboxylic acids is 1. The lowest BCUT2D eigenvalue weighted by atomic mass is 9.88. The first-order valence-electron chi connectivity index (χ1n) is 7.12. The Hall–Kier alpha value is -0.570. The van der Waals surface area contributed by atoms with E-state index in [0.717, 1.165) is 32.2 Å². The second kappa shape index (κ2) is 4.97. The molecule has 3 atom stereocenters. The van der Waals surface area contributed by atoms with Gasteiger partial charge in [-0.2, -0.15) is 0 Å². The summed E-state index contributed by atoms with van der Waals surface area (Å²) >= 11 is 0. The van der Waals surface area contributed by atoms with Gasteiger partial charge in [0.15, 0.2) is 0 Å². The molecule has 2 rings (SSSR count). The van der Waals surface area contributed by atoms with Gasteiger partial charge in [-0.1, -0.05) is 26.7 Å². The largest absolute Gasteiger partial charge is 0.480 e. The van der Waals surface area contributed by atoms with E-state index in [0.29, 0.717) is 12.0 Å². The van der Waals surface area contributed by atoms with Crippen LogP contribution in [0.1, 0.15) is 58.8 Å². The maximum absolute atomic E-state index is 11.7. The summed E-state index contributed by atoms with van der Waals surface area (Å²) in [7, 11) is 0. The summed E-state index contributed by atoms with van der Waals surface area (Å²) in [5.41, 5.74) is -0.544. The van der Waals surface area contributed by atoms with Gasteiger partial charge in [0.25, 0.3) is 0 Å². The summed E-state index contributed by atoms with van der Waals surface area (Å²) in [5.74, 6) is 0.0830. The van der Waals surface area contributed by atoms with Crippen LogP contribution in [-0.4, -0.2) is 34.1 Å². The second-order valence-corrected chi connectivity index (χ2v) is 5.86. The molecule has 17 heavy (non-hydrogen) atoms. The molecular formula is C14H25NO2. The van der Waals surface area contributed by atoms with Crippen LogP contribution in [0.15, 0.2) is 0 Å². The van der Waals surface area contributed by atoms with Gasteiger partial charge < -0.3 is 5.11 Å². The summed E-state index contributed by atoms with van der Waals surface area (Å²) in [6.07, 6.45) is 7.40. The van der Waals surface area contributed by atoms with Crippen LogP contribution in [0.25, 0.3) is 0 Å². The number of hydrogen-bond acceptors (Lipinski definition) is 2. The molecule has 0 aromatic rings. The number of carboxylic acids is 1. The van der Waals surface area contributed by atoms with Crippen LogP contribution < -0.4 is 0 Å². The van der Waals surface area contributed by atoms with Crippen LogP contribution in [0, 0.1) is 5.92 Å². The minimum absolute atomic E-state index is 0.514. The zero-order valence-electron chi connectivity index (χ0n) is 11.1. The molecule has 3 unspecified atom stereocenters. The molecule has 1 aliphatic heterocycles. The molecule has 2 fully saturated rings. The molecule has 2 aliphatic rings. The van der Waals surface area contributed by atoms with Gasteiger partial charge in [0, 0.05) is 6.04 Å². The zero-order valence-corrected chi connectivity index (χ0v) is 11.1. The Morgan fingerprint density at radius 2 is 2.18 bits per heavy atom. The minimum atomic E-state index is -0.587. The Morgan fingerprint density at radius 1 is 1.41 bits per heavy atom. The highest BCUT2D eigenvalue weighted by Gasteiger charge is 2.50. The van der Waals surface area contributed by atoms with E-state index in [9.17, 15) is 9.90 Å². The Balaban J connectivity index is 2.21. The molecule has 1 saturated carbocycles. The Morgan fingerprint density at radius 3 is 2.71 bits per heavy atom. The van der Waals surface area contributed by atoms with Crippen molar-refractivity contribution in [3.8, 4) is 0 Å². The van der Waals surface area contributed by atoms with E-state index in [2.05, 4.69) is 18.7 Å². The van der Waals surface area contributed by atoms with Crippen molar-refractivity contribution in [3.63, 3.8) is 0 Å². The minimum Gasteiger partial charge on any atom is -0.480 e. The molecule has 1 N–H and O–H groups in total. The lowest BCUT2D eigenvalue weighted by Crippen LogP contribution is -2.55. The predicted molar refractivity (Wildman–Crippen MR) is 68.0 cm³/mol. The monoisotopic (exact) mass is 239 g/mol. The first-order valence-corrected chi connectivity index (χ1v) is 7.12. The first-order chi connectivity index (χ1) is 8.12. The number of nitrogens with zero attached hydrogens (tertiary/aromatic N) is 1. The highest BCUT2D eigenvalue weighted by Crippen LogP contribution is 2.41. The third-order valence-corrected chi connectivity index (χ3v) is 4.82. The number of carboxylic acid groups (broad SMARTS) is 1. The Kier molecular flexibility index (Phi) is 3.76. The standard InChI is InChI=1S/C14H25NO2/c1-3-8-14(13(16)17)9-5-10-15(14)12-7-4-6-11(12)2/h11-12H,3-10H2,1-2H3,(H,16,17). The molecule has 0 bridgehead atoms. The average Bonchev–Trinajstić information content (AvgIpc) is 2.85. The molecule has 0 aromatic heterocycles. The van der Waals surface area contributed by atoms with E-state index in [1.54, 1.807) is 0 Å². The van der Waals surface area contributed by atoms with E-state index in [1.807, 2.05) is 0 Å². The third kappa shape index (κ3) is 2.10. The normalized spacial score (nSPS) is 38.7. The molecule has 0 spiro atoms. The fraction of sp³-hybridized carbons (Fsp3) is 0.929. The fourth-order valence-corrected chi connectivity index (χ4v) is 3.99. The smallest absolute Gasteiger partial charge is 0.324 e. The summed E-state index contributed by atoms with van der Waals surface area (Å²) < 4.78 is 0. The zero-order chi connectivity index (χ0) is 12.5. The van der Waals surface area contributed by atoms with Crippen molar-refractivity contribution in [3.05, 3.63) is 0 Å². The van der Waals surface area contributed by atoms with Crippen LogP contribution in [0.5, 0.6) is 0 Å². The van der Waals surface area contributed by atoms with Gasteiger partial charge in [0.2, 0.25) is 0 Å². The predicted octanol–water partition coefficient (Wildman–Crippen LogP) is 2.89. The molecule has 0 radical (unpaired) electrons. The maximum atomic E-state index is 11.7. The van der Waals surface area contributed by atoms with Crippen LogP contribution in [0.4, 0.5) is 0 Å². The van der Waals surface area contributed by atoms with E-state index in [-0.39, 0.29) is 0 Å².